The summed E-state index contributed by atoms with van der Waals surface area (Å²) in [5.41, 5.74) is 0.390. The fraction of sp³-hybridized carbons (Fsp3) is 0.294. The lowest BCUT2D eigenvalue weighted by Gasteiger charge is -2.17. The molecule has 1 aromatic heterocycles. The van der Waals surface area contributed by atoms with Crippen LogP contribution in [0.15, 0.2) is 41.0 Å². The molecule has 0 aliphatic carbocycles. The first-order valence-electron chi connectivity index (χ1n) is 7.62. The molecule has 1 heterocycles. The number of anilines is 1. The molecule has 8 nitrogen and oxygen atoms in total. The minimum absolute atomic E-state index is 0.327. The Morgan fingerprint density at radius 1 is 1.28 bits per heavy atom. The van der Waals surface area contributed by atoms with Crippen LogP contribution in [0, 0.1) is 0 Å². The maximum atomic E-state index is 12.5. The number of carbonyl (C=O) groups is 2. The molecule has 0 saturated carbocycles. The van der Waals surface area contributed by atoms with Crippen molar-refractivity contribution in [3.8, 4) is 11.5 Å². The van der Waals surface area contributed by atoms with E-state index in [1.807, 2.05) is 0 Å². The molecular weight excluding hydrogens is 328 g/mol. The van der Waals surface area contributed by atoms with Crippen LogP contribution in [-0.2, 0) is 16.1 Å². The predicted molar refractivity (Wildman–Crippen MR) is 85.9 cm³/mol. The normalized spacial score (nSPS) is 11.6. The average molecular weight is 348 g/mol. The third kappa shape index (κ3) is 5.25. The fourth-order valence-electron chi connectivity index (χ4n) is 2.29. The smallest absolute Gasteiger partial charge is 0.283 e. The van der Waals surface area contributed by atoms with Gasteiger partial charge in [0.05, 0.1) is 26.2 Å². The van der Waals surface area contributed by atoms with E-state index in [9.17, 15) is 14.7 Å². The van der Waals surface area contributed by atoms with E-state index in [-0.39, 0.29) is 0 Å². The van der Waals surface area contributed by atoms with E-state index in [0.29, 0.717) is 29.5 Å². The maximum Gasteiger partial charge on any atom is 0.283 e. The van der Waals surface area contributed by atoms with Gasteiger partial charge in [-0.1, -0.05) is 0 Å². The number of carboxylic acid groups (broad SMARTS) is 1. The quantitative estimate of drug-likeness (QED) is 0.631. The molecule has 0 spiro atoms. The van der Waals surface area contributed by atoms with E-state index >= 15 is 0 Å². The van der Waals surface area contributed by atoms with E-state index in [4.69, 9.17) is 13.9 Å². The Labute approximate surface area is 144 Å². The summed E-state index contributed by atoms with van der Waals surface area (Å²) >= 11 is 0. The van der Waals surface area contributed by atoms with Gasteiger partial charge in [0.1, 0.15) is 18.0 Å². The molecule has 2 aromatic rings. The molecule has 2 rings (SSSR count). The summed E-state index contributed by atoms with van der Waals surface area (Å²) in [6.45, 7) is 0.327. The Hall–Kier alpha value is -3.00. The number of ether oxygens (including phenoxy) is 2. The number of nitrogens with one attached hydrogen (secondary N) is 1. The van der Waals surface area contributed by atoms with E-state index in [2.05, 4.69) is 5.32 Å². The predicted octanol–water partition coefficient (Wildman–Crippen LogP) is -0.492. The standard InChI is InChI=1S/C17H20N2O6/c1-23-11-5-6-15(24-2)13(8-11)19-17(22)14(9-16(20)21)18-10-12-4-3-7-25-12/h3-8,14,18H,9-10H2,1-2H3,(H,19,22)(H,20,21)/t14-/m0/s1. The molecule has 0 aliphatic heterocycles. The lowest BCUT2D eigenvalue weighted by Crippen LogP contribution is -2.91. The molecule has 1 aromatic carbocycles. The van der Waals surface area contributed by atoms with Crippen molar-refractivity contribution < 1.29 is 33.9 Å². The minimum Gasteiger partial charge on any atom is -0.550 e. The van der Waals surface area contributed by atoms with Gasteiger partial charge in [-0.3, -0.25) is 4.79 Å². The van der Waals surface area contributed by atoms with E-state index in [1.54, 1.807) is 35.6 Å². The van der Waals surface area contributed by atoms with Crippen molar-refractivity contribution in [2.45, 2.75) is 19.0 Å². The highest BCUT2D eigenvalue weighted by molar-refractivity contribution is 5.96. The molecule has 3 N–H and O–H groups in total. The topological polar surface area (TPSA) is 117 Å². The zero-order valence-electron chi connectivity index (χ0n) is 14.0. The van der Waals surface area contributed by atoms with Gasteiger partial charge >= 0.3 is 0 Å². The Bertz CT molecular complexity index is 714. The number of benzene rings is 1. The van der Waals surface area contributed by atoms with Crippen molar-refractivity contribution in [2.75, 3.05) is 19.5 Å². The molecule has 0 aliphatic rings. The lowest BCUT2D eigenvalue weighted by molar-refractivity contribution is -0.693. The average Bonchev–Trinajstić information content (AvgIpc) is 3.11. The summed E-state index contributed by atoms with van der Waals surface area (Å²) < 4.78 is 15.5. The highest BCUT2D eigenvalue weighted by atomic mass is 16.5. The number of carbonyl (C=O) groups excluding carboxylic acids is 2. The SMILES string of the molecule is COc1ccc(OC)c(NC(=O)[C@H](CC(=O)[O-])[NH2+]Cc2ccco2)c1. The van der Waals surface area contributed by atoms with Crippen molar-refractivity contribution in [2.24, 2.45) is 0 Å². The first-order valence-corrected chi connectivity index (χ1v) is 7.62. The Kier molecular flexibility index (Phi) is 6.41. The zero-order valence-corrected chi connectivity index (χ0v) is 14.0. The number of hydrogen-bond donors (Lipinski definition) is 2. The summed E-state index contributed by atoms with van der Waals surface area (Å²) in [6.07, 6.45) is 1.08. The molecule has 0 bridgehead atoms. The monoisotopic (exact) mass is 348 g/mol. The minimum atomic E-state index is -1.31. The van der Waals surface area contributed by atoms with Crippen LogP contribution in [-0.4, -0.2) is 32.1 Å². The van der Waals surface area contributed by atoms with Gasteiger partial charge in [-0.05, 0) is 24.3 Å². The molecule has 1 amide bonds. The number of furan rings is 1. The van der Waals surface area contributed by atoms with Gasteiger partial charge in [-0.25, -0.2) is 0 Å². The Balaban J connectivity index is 2.11. The molecule has 0 fully saturated rings. The molecule has 25 heavy (non-hydrogen) atoms. The molecule has 0 unspecified atom stereocenters. The molecule has 1 atom stereocenters. The summed E-state index contributed by atoms with van der Waals surface area (Å²) in [5.74, 6) is -0.189. The van der Waals surface area contributed by atoms with Crippen LogP contribution in [0.3, 0.4) is 0 Å². The maximum absolute atomic E-state index is 12.5. The van der Waals surface area contributed by atoms with Crippen LogP contribution in [0.1, 0.15) is 12.2 Å². The van der Waals surface area contributed by atoms with Crippen molar-refractivity contribution in [3.63, 3.8) is 0 Å². The number of carboxylic acids is 1. The van der Waals surface area contributed by atoms with E-state index in [0.717, 1.165) is 0 Å². The van der Waals surface area contributed by atoms with Gasteiger partial charge in [-0.2, -0.15) is 0 Å². The Morgan fingerprint density at radius 2 is 2.08 bits per heavy atom. The molecule has 8 heteroatoms. The highest BCUT2D eigenvalue weighted by Gasteiger charge is 2.24. The van der Waals surface area contributed by atoms with E-state index < -0.39 is 24.3 Å². The number of methoxy groups -OCH3 is 2. The van der Waals surface area contributed by atoms with Crippen LogP contribution in [0.4, 0.5) is 5.69 Å². The van der Waals surface area contributed by atoms with Crippen LogP contribution in [0.5, 0.6) is 11.5 Å². The number of amides is 1. The molecule has 0 saturated heterocycles. The summed E-state index contributed by atoms with van der Waals surface area (Å²) in [5, 5.41) is 15.2. The lowest BCUT2D eigenvalue weighted by atomic mass is 10.1. The van der Waals surface area contributed by atoms with E-state index in [1.165, 1.54) is 20.5 Å². The van der Waals surface area contributed by atoms with Crippen molar-refractivity contribution >= 4 is 17.6 Å². The van der Waals surface area contributed by atoms with Crippen molar-refractivity contribution in [1.82, 2.24) is 0 Å². The van der Waals surface area contributed by atoms with Crippen LogP contribution >= 0.6 is 0 Å². The number of nitrogens with two attached hydrogens (primary N) is 1. The van der Waals surface area contributed by atoms with Gasteiger partial charge in [0, 0.05) is 18.5 Å². The van der Waals surface area contributed by atoms with Gasteiger partial charge in [0.2, 0.25) is 0 Å². The van der Waals surface area contributed by atoms with Crippen molar-refractivity contribution in [1.29, 1.82) is 0 Å². The number of hydrogen-bond acceptors (Lipinski definition) is 6. The third-order valence-electron chi connectivity index (χ3n) is 3.57. The first-order chi connectivity index (χ1) is 12.0. The van der Waals surface area contributed by atoms with Gasteiger partial charge in [0.25, 0.3) is 5.91 Å². The highest BCUT2D eigenvalue weighted by Crippen LogP contribution is 2.28. The summed E-state index contributed by atoms with van der Waals surface area (Å²) in [4.78, 5) is 23.5. The number of rotatable bonds is 9. The van der Waals surface area contributed by atoms with Crippen LogP contribution in [0.25, 0.3) is 0 Å². The van der Waals surface area contributed by atoms with Gasteiger partial charge < -0.3 is 34.4 Å². The van der Waals surface area contributed by atoms with Gasteiger partial charge in [0.15, 0.2) is 11.8 Å². The zero-order chi connectivity index (χ0) is 18.2. The molecular formula is C17H20N2O6. The van der Waals surface area contributed by atoms with Crippen LogP contribution in [0.2, 0.25) is 0 Å². The summed E-state index contributed by atoms with van der Waals surface area (Å²) in [6, 6.07) is 7.52. The second kappa shape index (κ2) is 8.74. The summed E-state index contributed by atoms with van der Waals surface area (Å²) in [7, 11) is 2.97. The molecule has 0 radical (unpaired) electrons. The third-order valence-corrected chi connectivity index (χ3v) is 3.57. The fourth-order valence-corrected chi connectivity index (χ4v) is 2.29. The van der Waals surface area contributed by atoms with Gasteiger partial charge in [-0.15, -0.1) is 0 Å². The number of quaternary nitrogens is 1. The number of aliphatic carboxylic acids is 1. The largest absolute Gasteiger partial charge is 0.550 e. The van der Waals surface area contributed by atoms with Crippen LogP contribution < -0.4 is 25.2 Å². The molecule has 134 valence electrons. The second-order valence-corrected chi connectivity index (χ2v) is 5.26. The Morgan fingerprint density at radius 3 is 2.68 bits per heavy atom. The second-order valence-electron chi connectivity index (χ2n) is 5.26. The first kappa shape index (κ1) is 18.3. The van der Waals surface area contributed by atoms with Crippen molar-refractivity contribution in [3.05, 3.63) is 42.4 Å².